The summed E-state index contributed by atoms with van der Waals surface area (Å²) in [5, 5.41) is 17.0. The van der Waals surface area contributed by atoms with Gasteiger partial charge in [0.2, 0.25) is 0 Å². The molecule has 0 saturated carbocycles. The third-order valence-corrected chi connectivity index (χ3v) is 4.76. The van der Waals surface area contributed by atoms with Crippen molar-refractivity contribution in [1.82, 2.24) is 0 Å². The molecular weight excluding hydrogens is 368 g/mol. The maximum Gasteiger partial charge on any atom is 0.0462 e. The fourth-order valence-electron chi connectivity index (χ4n) is 2.22. The summed E-state index contributed by atoms with van der Waals surface area (Å²) in [6, 6.07) is 16.1. The van der Waals surface area contributed by atoms with E-state index in [-0.39, 0.29) is 13.2 Å². The van der Waals surface area contributed by atoms with Crippen LogP contribution in [-0.2, 0) is 0 Å². The molecular formula is C25H35ClO2. The van der Waals surface area contributed by atoms with Gasteiger partial charge in [-0.3, -0.25) is 0 Å². The average molecular weight is 403 g/mol. The van der Waals surface area contributed by atoms with E-state index in [9.17, 15) is 0 Å². The quantitative estimate of drug-likeness (QED) is 0.557. The molecule has 0 radical (unpaired) electrons. The summed E-state index contributed by atoms with van der Waals surface area (Å²) in [5.41, 5.74) is 5.68. The van der Waals surface area contributed by atoms with E-state index in [1.807, 2.05) is 38.1 Å². The van der Waals surface area contributed by atoms with Crippen LogP contribution in [-0.4, -0.2) is 23.4 Å². The van der Waals surface area contributed by atoms with Crippen LogP contribution >= 0.6 is 11.6 Å². The molecule has 3 heteroatoms. The monoisotopic (exact) mass is 402 g/mol. The molecule has 2 nitrogen and oxygen atoms in total. The van der Waals surface area contributed by atoms with Crippen LogP contribution in [0.15, 0.2) is 67.3 Å². The number of allylic oxidation sites excluding steroid dienone is 1. The fraction of sp³-hybridized carbons (Fsp3) is 0.360. The molecule has 28 heavy (non-hydrogen) atoms. The van der Waals surface area contributed by atoms with Gasteiger partial charge in [-0.15, -0.1) is 0 Å². The van der Waals surface area contributed by atoms with Crippen molar-refractivity contribution in [2.24, 2.45) is 11.8 Å². The minimum absolute atomic E-state index is 0.250. The van der Waals surface area contributed by atoms with Gasteiger partial charge in [0, 0.05) is 18.2 Å². The molecule has 0 saturated heterocycles. The smallest absolute Gasteiger partial charge is 0.0462 e. The minimum atomic E-state index is 0.250. The zero-order valence-corrected chi connectivity index (χ0v) is 18.6. The van der Waals surface area contributed by atoms with Crippen LogP contribution in [0.4, 0.5) is 0 Å². The molecule has 2 atom stereocenters. The van der Waals surface area contributed by atoms with Crippen LogP contribution in [0.25, 0.3) is 5.57 Å². The minimum Gasteiger partial charge on any atom is -0.397 e. The second-order valence-corrected chi connectivity index (χ2v) is 7.40. The molecule has 0 aromatic heterocycles. The zero-order chi connectivity index (χ0) is 21.7. The Labute approximate surface area is 176 Å². The standard InChI is InChI=1S/C15H13Cl.C8H16O.C2H6O/c1-11-3-5-13(6-4-11)12(2)14-7-9-15(16)10-8-14;1-6(2)8(4)7(3)5-9;1-2-3/h3-10H,2H2,1H3;7-9H,1,5H2,2-4H3;3H,2H2,1H3. The van der Waals surface area contributed by atoms with Crippen LogP contribution in [0.3, 0.4) is 0 Å². The van der Waals surface area contributed by atoms with Gasteiger partial charge in [-0.1, -0.05) is 86.1 Å². The lowest BCUT2D eigenvalue weighted by Crippen LogP contribution is -2.12. The second-order valence-electron chi connectivity index (χ2n) is 6.96. The molecule has 2 aromatic carbocycles. The molecule has 0 amide bonds. The van der Waals surface area contributed by atoms with Crippen molar-refractivity contribution >= 4 is 17.2 Å². The van der Waals surface area contributed by atoms with Gasteiger partial charge >= 0.3 is 0 Å². The Hall–Kier alpha value is -1.87. The Kier molecular flexibility index (Phi) is 13.2. The van der Waals surface area contributed by atoms with Crippen molar-refractivity contribution in [2.75, 3.05) is 13.2 Å². The largest absolute Gasteiger partial charge is 0.397 e. The number of hydrogen-bond donors (Lipinski definition) is 2. The van der Waals surface area contributed by atoms with Crippen molar-refractivity contribution in [1.29, 1.82) is 0 Å². The van der Waals surface area contributed by atoms with Crippen molar-refractivity contribution in [3.05, 3.63) is 89.0 Å². The second kappa shape index (κ2) is 14.2. The Morgan fingerprint density at radius 2 is 1.32 bits per heavy atom. The first kappa shape index (κ1) is 26.1. The molecule has 0 aliphatic rings. The highest BCUT2D eigenvalue weighted by Gasteiger charge is 2.10. The summed E-state index contributed by atoms with van der Waals surface area (Å²) in [5.74, 6) is 0.789. The highest BCUT2D eigenvalue weighted by atomic mass is 35.5. The van der Waals surface area contributed by atoms with Crippen molar-refractivity contribution in [2.45, 2.75) is 34.6 Å². The van der Waals surface area contributed by atoms with Crippen LogP contribution < -0.4 is 0 Å². The highest BCUT2D eigenvalue weighted by Crippen LogP contribution is 2.23. The molecule has 0 aliphatic carbocycles. The van der Waals surface area contributed by atoms with E-state index in [1.54, 1.807) is 6.92 Å². The molecule has 0 fully saturated rings. The van der Waals surface area contributed by atoms with E-state index >= 15 is 0 Å². The third-order valence-electron chi connectivity index (χ3n) is 4.51. The zero-order valence-electron chi connectivity index (χ0n) is 17.9. The summed E-state index contributed by atoms with van der Waals surface area (Å²) in [4.78, 5) is 0. The van der Waals surface area contributed by atoms with Crippen LogP contribution in [0.5, 0.6) is 0 Å². The number of rotatable bonds is 5. The lowest BCUT2D eigenvalue weighted by molar-refractivity contribution is 0.209. The van der Waals surface area contributed by atoms with E-state index in [2.05, 4.69) is 51.3 Å². The first-order valence-corrected chi connectivity index (χ1v) is 9.94. The Morgan fingerprint density at radius 1 is 0.929 bits per heavy atom. The Balaban J connectivity index is 0.000000518. The van der Waals surface area contributed by atoms with E-state index in [0.717, 1.165) is 27.3 Å². The summed E-state index contributed by atoms with van der Waals surface area (Å²) in [6.45, 7) is 18.3. The number of benzene rings is 2. The molecule has 2 unspecified atom stereocenters. The molecule has 2 N–H and O–H groups in total. The summed E-state index contributed by atoms with van der Waals surface area (Å²) in [6.07, 6.45) is 0. The number of aliphatic hydroxyl groups excluding tert-OH is 2. The van der Waals surface area contributed by atoms with Gasteiger partial charge in [-0.25, -0.2) is 0 Å². The number of hydrogen-bond acceptors (Lipinski definition) is 2. The maximum atomic E-state index is 8.71. The lowest BCUT2D eigenvalue weighted by atomic mass is 9.91. The van der Waals surface area contributed by atoms with Crippen molar-refractivity contribution in [3.63, 3.8) is 0 Å². The van der Waals surface area contributed by atoms with Gasteiger partial charge in [-0.05, 0) is 61.4 Å². The molecule has 0 aliphatic heterocycles. The summed E-state index contributed by atoms with van der Waals surface area (Å²) in [7, 11) is 0. The average Bonchev–Trinajstić information content (AvgIpc) is 2.68. The van der Waals surface area contributed by atoms with Gasteiger partial charge in [0.15, 0.2) is 0 Å². The van der Waals surface area contributed by atoms with Gasteiger partial charge in [0.25, 0.3) is 0 Å². The third kappa shape index (κ3) is 9.89. The van der Waals surface area contributed by atoms with E-state index in [1.165, 1.54) is 5.56 Å². The number of halogens is 1. The summed E-state index contributed by atoms with van der Waals surface area (Å²) >= 11 is 5.85. The van der Waals surface area contributed by atoms with E-state index in [4.69, 9.17) is 21.8 Å². The Morgan fingerprint density at radius 3 is 1.64 bits per heavy atom. The normalized spacial score (nSPS) is 11.9. The fourth-order valence-corrected chi connectivity index (χ4v) is 2.34. The molecule has 0 spiro atoms. The first-order valence-electron chi connectivity index (χ1n) is 9.56. The van der Waals surface area contributed by atoms with Crippen LogP contribution in [0.2, 0.25) is 5.02 Å². The Bertz CT molecular complexity index is 655. The number of aliphatic hydroxyl groups is 2. The topological polar surface area (TPSA) is 40.5 Å². The summed E-state index contributed by atoms with van der Waals surface area (Å²) < 4.78 is 0. The van der Waals surface area contributed by atoms with Crippen molar-refractivity contribution in [3.8, 4) is 0 Å². The molecule has 0 bridgehead atoms. The van der Waals surface area contributed by atoms with E-state index in [0.29, 0.717) is 11.8 Å². The van der Waals surface area contributed by atoms with Gasteiger partial charge in [-0.2, -0.15) is 0 Å². The SMILES string of the molecule is C=C(C)C(C)C(C)CO.C=C(c1ccc(C)cc1)c1ccc(Cl)cc1.CCO. The van der Waals surface area contributed by atoms with Crippen molar-refractivity contribution < 1.29 is 10.2 Å². The van der Waals surface area contributed by atoms with Crippen LogP contribution in [0, 0.1) is 18.8 Å². The van der Waals surface area contributed by atoms with Gasteiger partial charge in [0.05, 0.1) is 0 Å². The highest BCUT2D eigenvalue weighted by molar-refractivity contribution is 6.30. The predicted molar refractivity (Wildman–Crippen MR) is 124 cm³/mol. The lowest BCUT2D eigenvalue weighted by Gasteiger charge is -2.16. The molecule has 2 aromatic rings. The van der Waals surface area contributed by atoms with Gasteiger partial charge in [0.1, 0.15) is 0 Å². The molecule has 2 rings (SSSR count). The maximum absolute atomic E-state index is 8.71. The molecule has 154 valence electrons. The predicted octanol–water partition coefficient (Wildman–Crippen LogP) is 6.54. The number of aryl methyl sites for hydroxylation is 1. The molecule has 0 heterocycles. The first-order chi connectivity index (χ1) is 13.2. The van der Waals surface area contributed by atoms with Crippen LogP contribution in [0.1, 0.15) is 44.4 Å². The van der Waals surface area contributed by atoms with Gasteiger partial charge < -0.3 is 10.2 Å². The van der Waals surface area contributed by atoms with E-state index < -0.39 is 0 Å².